The summed E-state index contributed by atoms with van der Waals surface area (Å²) in [5.41, 5.74) is 10.4. The number of nitrogens with two attached hydrogens (primary N) is 1. The van der Waals surface area contributed by atoms with E-state index >= 15 is 0 Å². The summed E-state index contributed by atoms with van der Waals surface area (Å²) in [5.74, 6) is 0. The van der Waals surface area contributed by atoms with Crippen LogP contribution in [0.15, 0.2) is 53.5 Å². The van der Waals surface area contributed by atoms with E-state index in [1.54, 1.807) is 17.2 Å². The average Bonchev–Trinajstić information content (AvgIpc) is 2.99. The van der Waals surface area contributed by atoms with E-state index in [1.807, 2.05) is 36.5 Å². The van der Waals surface area contributed by atoms with Crippen molar-refractivity contribution in [2.75, 3.05) is 5.73 Å². The van der Waals surface area contributed by atoms with Crippen molar-refractivity contribution in [3.63, 3.8) is 0 Å². The minimum Gasteiger partial charge on any atom is -0.472 e. The van der Waals surface area contributed by atoms with E-state index in [9.17, 15) is 0 Å². The zero-order valence-electron chi connectivity index (χ0n) is 10.00. The maximum atomic E-state index is 5.97. The van der Waals surface area contributed by atoms with Gasteiger partial charge in [0.2, 0.25) is 0 Å². The van der Waals surface area contributed by atoms with Gasteiger partial charge in [-0.25, -0.2) is 4.68 Å². The Balaban J connectivity index is 2.05. The van der Waals surface area contributed by atoms with Gasteiger partial charge < -0.3 is 10.2 Å². The summed E-state index contributed by atoms with van der Waals surface area (Å²) in [6, 6.07) is 9.97. The van der Waals surface area contributed by atoms with Crippen molar-refractivity contribution in [2.24, 2.45) is 0 Å². The third-order valence-corrected chi connectivity index (χ3v) is 2.84. The second kappa shape index (κ2) is 4.07. The lowest BCUT2D eigenvalue weighted by Gasteiger charge is -2.00. The maximum Gasteiger partial charge on any atom is 0.119 e. The molecule has 18 heavy (non-hydrogen) atoms. The van der Waals surface area contributed by atoms with Gasteiger partial charge in [0.1, 0.15) is 5.69 Å². The fourth-order valence-electron chi connectivity index (χ4n) is 1.84. The first kappa shape index (κ1) is 10.7. The first-order valence-corrected chi connectivity index (χ1v) is 5.69. The van der Waals surface area contributed by atoms with Crippen LogP contribution in [0.4, 0.5) is 5.69 Å². The Bertz CT molecular complexity index is 651. The summed E-state index contributed by atoms with van der Waals surface area (Å²) in [7, 11) is 0. The first-order chi connectivity index (χ1) is 8.74. The highest BCUT2D eigenvalue weighted by molar-refractivity contribution is 5.71. The molecule has 2 aromatic heterocycles. The number of furan rings is 1. The van der Waals surface area contributed by atoms with E-state index in [0.717, 1.165) is 16.9 Å². The smallest absolute Gasteiger partial charge is 0.119 e. The third-order valence-electron chi connectivity index (χ3n) is 2.84. The van der Waals surface area contributed by atoms with Gasteiger partial charge in [0.25, 0.3) is 0 Å². The van der Waals surface area contributed by atoms with Gasteiger partial charge in [-0.2, -0.15) is 5.10 Å². The molecular weight excluding hydrogens is 226 g/mol. The third kappa shape index (κ3) is 1.78. The van der Waals surface area contributed by atoms with Crippen LogP contribution < -0.4 is 5.73 Å². The fourth-order valence-corrected chi connectivity index (χ4v) is 1.84. The van der Waals surface area contributed by atoms with Gasteiger partial charge in [-0.15, -0.1) is 0 Å². The zero-order valence-corrected chi connectivity index (χ0v) is 10.00. The number of aromatic nitrogens is 2. The van der Waals surface area contributed by atoms with Crippen LogP contribution in [0.1, 0.15) is 5.56 Å². The lowest BCUT2D eigenvalue weighted by Crippen LogP contribution is -1.94. The number of anilines is 1. The monoisotopic (exact) mass is 239 g/mol. The standard InChI is InChI=1S/C14H13N3O/c1-10-2-4-12(5-3-10)17-8-13(15)14(16-17)11-6-7-18-9-11/h2-9H,15H2,1H3. The van der Waals surface area contributed by atoms with Crippen molar-refractivity contribution in [3.8, 4) is 16.9 Å². The minimum atomic E-state index is 0.636. The van der Waals surface area contributed by atoms with Gasteiger partial charge in [0.15, 0.2) is 0 Å². The maximum absolute atomic E-state index is 5.97. The SMILES string of the molecule is Cc1ccc(-n2cc(N)c(-c3ccoc3)n2)cc1. The molecule has 4 nitrogen and oxygen atoms in total. The van der Waals surface area contributed by atoms with Crippen molar-refractivity contribution in [3.05, 3.63) is 54.6 Å². The van der Waals surface area contributed by atoms with Crippen LogP contribution in [-0.2, 0) is 0 Å². The molecule has 0 bridgehead atoms. The fraction of sp³-hybridized carbons (Fsp3) is 0.0714. The van der Waals surface area contributed by atoms with Crippen molar-refractivity contribution in [1.82, 2.24) is 9.78 Å². The highest BCUT2D eigenvalue weighted by atomic mass is 16.3. The van der Waals surface area contributed by atoms with E-state index < -0.39 is 0 Å². The number of hydrogen-bond acceptors (Lipinski definition) is 3. The number of rotatable bonds is 2. The van der Waals surface area contributed by atoms with Crippen molar-refractivity contribution in [2.45, 2.75) is 6.92 Å². The number of nitrogens with zero attached hydrogens (tertiary/aromatic N) is 2. The molecular formula is C14H13N3O. The molecule has 0 spiro atoms. The molecule has 0 aliphatic rings. The zero-order chi connectivity index (χ0) is 12.5. The van der Waals surface area contributed by atoms with Crippen LogP contribution >= 0.6 is 0 Å². The van der Waals surface area contributed by atoms with Crippen LogP contribution in [-0.4, -0.2) is 9.78 Å². The van der Waals surface area contributed by atoms with Gasteiger partial charge >= 0.3 is 0 Å². The van der Waals surface area contributed by atoms with Gasteiger partial charge in [0.05, 0.1) is 30.1 Å². The molecule has 0 aliphatic carbocycles. The molecule has 0 unspecified atom stereocenters. The van der Waals surface area contributed by atoms with E-state index in [-0.39, 0.29) is 0 Å². The summed E-state index contributed by atoms with van der Waals surface area (Å²) < 4.78 is 6.82. The van der Waals surface area contributed by atoms with E-state index in [4.69, 9.17) is 10.2 Å². The summed E-state index contributed by atoms with van der Waals surface area (Å²) in [6.45, 7) is 2.05. The molecule has 3 aromatic rings. The van der Waals surface area contributed by atoms with Gasteiger partial charge in [-0.3, -0.25) is 0 Å². The van der Waals surface area contributed by atoms with Crippen LogP contribution in [0.5, 0.6) is 0 Å². The van der Waals surface area contributed by atoms with Gasteiger partial charge in [-0.05, 0) is 25.1 Å². The van der Waals surface area contributed by atoms with Crippen LogP contribution in [0, 0.1) is 6.92 Å². The Hall–Kier alpha value is -2.49. The predicted octanol–water partition coefficient (Wildman–Crippen LogP) is 3.02. The van der Waals surface area contributed by atoms with Crippen LogP contribution in [0.3, 0.4) is 0 Å². The predicted molar refractivity (Wildman–Crippen MR) is 70.4 cm³/mol. The quantitative estimate of drug-likeness (QED) is 0.747. The van der Waals surface area contributed by atoms with Gasteiger partial charge in [0, 0.05) is 5.56 Å². The number of hydrogen-bond donors (Lipinski definition) is 1. The minimum absolute atomic E-state index is 0.636. The Morgan fingerprint density at radius 3 is 2.61 bits per heavy atom. The number of nitrogen functional groups attached to an aromatic ring is 1. The molecule has 3 rings (SSSR count). The van der Waals surface area contributed by atoms with E-state index in [2.05, 4.69) is 12.0 Å². The van der Waals surface area contributed by atoms with E-state index in [0.29, 0.717) is 5.69 Å². The summed E-state index contributed by atoms with van der Waals surface area (Å²) in [6.07, 6.45) is 5.06. The summed E-state index contributed by atoms with van der Waals surface area (Å²) >= 11 is 0. The highest BCUT2D eigenvalue weighted by Gasteiger charge is 2.10. The molecule has 0 radical (unpaired) electrons. The van der Waals surface area contributed by atoms with Crippen molar-refractivity contribution >= 4 is 5.69 Å². The molecule has 0 atom stereocenters. The molecule has 90 valence electrons. The Morgan fingerprint density at radius 2 is 1.94 bits per heavy atom. The van der Waals surface area contributed by atoms with E-state index in [1.165, 1.54) is 5.56 Å². The molecule has 4 heteroatoms. The second-order valence-electron chi connectivity index (χ2n) is 4.23. The molecule has 2 heterocycles. The lowest BCUT2D eigenvalue weighted by molar-refractivity contribution is 0.568. The Morgan fingerprint density at radius 1 is 1.17 bits per heavy atom. The normalized spacial score (nSPS) is 10.7. The average molecular weight is 239 g/mol. The lowest BCUT2D eigenvalue weighted by atomic mass is 10.2. The second-order valence-corrected chi connectivity index (χ2v) is 4.23. The molecule has 0 saturated heterocycles. The molecule has 0 amide bonds. The van der Waals surface area contributed by atoms with Crippen molar-refractivity contribution in [1.29, 1.82) is 0 Å². The molecule has 0 saturated carbocycles. The number of benzene rings is 1. The first-order valence-electron chi connectivity index (χ1n) is 5.69. The molecule has 1 aromatic carbocycles. The van der Waals surface area contributed by atoms with Gasteiger partial charge in [-0.1, -0.05) is 17.7 Å². The molecule has 0 aliphatic heterocycles. The Labute approximate surface area is 105 Å². The topological polar surface area (TPSA) is 57.0 Å². The molecule has 2 N–H and O–H groups in total. The molecule has 0 fully saturated rings. The summed E-state index contributed by atoms with van der Waals surface area (Å²) in [5, 5.41) is 4.48. The van der Waals surface area contributed by atoms with Crippen LogP contribution in [0.25, 0.3) is 16.9 Å². The highest BCUT2D eigenvalue weighted by Crippen LogP contribution is 2.25. The van der Waals surface area contributed by atoms with Crippen LogP contribution in [0.2, 0.25) is 0 Å². The number of aryl methyl sites for hydroxylation is 1. The van der Waals surface area contributed by atoms with Crippen molar-refractivity contribution < 1.29 is 4.42 Å². The largest absolute Gasteiger partial charge is 0.472 e. The Kier molecular flexibility index (Phi) is 2.41. The summed E-state index contributed by atoms with van der Waals surface area (Å²) in [4.78, 5) is 0.